The van der Waals surface area contributed by atoms with Crippen LogP contribution < -0.4 is 0 Å². The molecule has 0 saturated carbocycles. The zero-order valence-corrected chi connectivity index (χ0v) is 14.5. The smallest absolute Gasteiger partial charge is 0.0594 e. The van der Waals surface area contributed by atoms with Gasteiger partial charge in [-0.2, -0.15) is 0 Å². The van der Waals surface area contributed by atoms with E-state index in [9.17, 15) is 0 Å². The second-order valence-electron chi connectivity index (χ2n) is 6.51. The van der Waals surface area contributed by atoms with E-state index < -0.39 is 0 Å². The summed E-state index contributed by atoms with van der Waals surface area (Å²) in [5.74, 6) is 0. The van der Waals surface area contributed by atoms with E-state index in [2.05, 4.69) is 33.7 Å². The molecule has 0 amide bonds. The van der Waals surface area contributed by atoms with Crippen LogP contribution in [0.4, 0.5) is 0 Å². The van der Waals surface area contributed by atoms with Crippen molar-refractivity contribution in [3.8, 4) is 0 Å². The summed E-state index contributed by atoms with van der Waals surface area (Å²) in [7, 11) is 4.45. The first-order valence-electron chi connectivity index (χ1n) is 8.71. The van der Waals surface area contributed by atoms with Gasteiger partial charge in [0, 0.05) is 65.4 Å². The van der Waals surface area contributed by atoms with E-state index in [1.54, 1.807) is 0 Å². The van der Waals surface area contributed by atoms with E-state index in [0.717, 1.165) is 91.9 Å². The maximum Gasteiger partial charge on any atom is 0.0594 e. The highest BCUT2D eigenvalue weighted by Crippen LogP contribution is 1.98. The summed E-state index contributed by atoms with van der Waals surface area (Å²) < 4.78 is 11.7. The molecule has 2 bridgehead atoms. The van der Waals surface area contributed by atoms with Crippen LogP contribution in [-0.4, -0.2) is 126 Å². The number of ether oxygens (including phenoxy) is 2. The number of fused-ring (bicyclic) bond motifs is 15. The third-order valence-corrected chi connectivity index (χ3v) is 4.67. The molecule has 130 valence electrons. The molecule has 0 N–H and O–H groups in total. The normalized spacial score (nSPS) is 32.5. The maximum absolute atomic E-state index is 5.84. The fourth-order valence-corrected chi connectivity index (χ4v) is 2.84. The number of hydrogen-bond acceptors (Lipinski definition) is 6. The molecule has 3 saturated heterocycles. The van der Waals surface area contributed by atoms with E-state index in [1.165, 1.54) is 0 Å². The van der Waals surface area contributed by atoms with Crippen LogP contribution in [0.15, 0.2) is 0 Å². The Morgan fingerprint density at radius 2 is 0.773 bits per heavy atom. The lowest BCUT2D eigenvalue weighted by atomic mass is 10.4. The monoisotopic (exact) mass is 314 g/mol. The predicted molar refractivity (Wildman–Crippen MR) is 89.5 cm³/mol. The minimum absolute atomic E-state index is 0.831. The highest BCUT2D eigenvalue weighted by atomic mass is 16.5. The maximum atomic E-state index is 5.84. The number of nitrogens with zero attached hydrogens (tertiary/aromatic N) is 4. The second kappa shape index (κ2) is 10.5. The highest BCUT2D eigenvalue weighted by Gasteiger charge is 2.12. The summed E-state index contributed by atoms with van der Waals surface area (Å²) in [5, 5.41) is 0. The molecule has 0 aliphatic carbocycles. The molecule has 0 radical (unpaired) electrons. The Hall–Kier alpha value is -0.240. The van der Waals surface area contributed by atoms with Crippen LogP contribution in [0.1, 0.15) is 0 Å². The van der Waals surface area contributed by atoms with E-state index in [-0.39, 0.29) is 0 Å². The fourth-order valence-electron chi connectivity index (χ4n) is 2.84. The molecule has 3 aliphatic heterocycles. The number of rotatable bonds is 0. The molecule has 0 unspecified atom stereocenters. The summed E-state index contributed by atoms with van der Waals surface area (Å²) in [4.78, 5) is 9.81. The third-order valence-electron chi connectivity index (χ3n) is 4.67. The van der Waals surface area contributed by atoms with E-state index in [4.69, 9.17) is 9.47 Å². The van der Waals surface area contributed by atoms with Gasteiger partial charge < -0.3 is 19.3 Å². The van der Waals surface area contributed by atoms with Gasteiger partial charge in [-0.1, -0.05) is 0 Å². The van der Waals surface area contributed by atoms with E-state index in [0.29, 0.717) is 0 Å². The van der Waals surface area contributed by atoms with Gasteiger partial charge in [0.25, 0.3) is 0 Å². The largest absolute Gasteiger partial charge is 0.379 e. The van der Waals surface area contributed by atoms with Crippen LogP contribution in [0.2, 0.25) is 0 Å². The Bertz CT molecular complexity index is 253. The topological polar surface area (TPSA) is 31.4 Å². The van der Waals surface area contributed by atoms with Gasteiger partial charge in [-0.3, -0.25) is 9.80 Å². The van der Waals surface area contributed by atoms with Crippen molar-refractivity contribution >= 4 is 0 Å². The quantitative estimate of drug-likeness (QED) is 0.600. The first kappa shape index (κ1) is 18.1. The Morgan fingerprint density at radius 1 is 0.455 bits per heavy atom. The molecular weight excluding hydrogens is 280 g/mol. The van der Waals surface area contributed by atoms with E-state index >= 15 is 0 Å². The zero-order valence-electron chi connectivity index (χ0n) is 14.5. The Morgan fingerprint density at radius 3 is 1.14 bits per heavy atom. The van der Waals surface area contributed by atoms with Gasteiger partial charge in [0.2, 0.25) is 0 Å². The molecule has 3 aliphatic rings. The van der Waals surface area contributed by atoms with Crippen LogP contribution >= 0.6 is 0 Å². The molecular formula is C16H34N4O2. The Labute approximate surface area is 135 Å². The predicted octanol–water partition coefficient (Wildman–Crippen LogP) is -0.486. The summed E-state index contributed by atoms with van der Waals surface area (Å²) in [5.41, 5.74) is 0. The summed E-state index contributed by atoms with van der Waals surface area (Å²) in [6.45, 7) is 14.1. The van der Waals surface area contributed by atoms with Crippen molar-refractivity contribution in [2.45, 2.75) is 0 Å². The molecule has 0 spiro atoms. The highest BCUT2D eigenvalue weighted by molar-refractivity contribution is 4.67. The average molecular weight is 314 g/mol. The molecule has 0 aromatic carbocycles. The summed E-state index contributed by atoms with van der Waals surface area (Å²) in [6, 6.07) is 0. The third kappa shape index (κ3) is 7.35. The first-order valence-corrected chi connectivity index (χ1v) is 8.71. The van der Waals surface area contributed by atoms with Crippen LogP contribution in [0, 0.1) is 0 Å². The molecule has 22 heavy (non-hydrogen) atoms. The van der Waals surface area contributed by atoms with Crippen LogP contribution in [0.3, 0.4) is 0 Å². The van der Waals surface area contributed by atoms with Crippen LogP contribution in [-0.2, 0) is 9.47 Å². The molecule has 0 aromatic rings. The molecule has 6 nitrogen and oxygen atoms in total. The lowest BCUT2D eigenvalue weighted by molar-refractivity contribution is 0.0363. The van der Waals surface area contributed by atoms with E-state index in [1.807, 2.05) is 0 Å². The molecule has 3 heterocycles. The summed E-state index contributed by atoms with van der Waals surface area (Å²) in [6.07, 6.45) is 0. The van der Waals surface area contributed by atoms with Crippen molar-refractivity contribution in [2.24, 2.45) is 0 Å². The van der Waals surface area contributed by atoms with Crippen LogP contribution in [0.5, 0.6) is 0 Å². The number of likely N-dealkylation sites (N-methyl/N-ethyl adjacent to an activating group) is 2. The molecule has 6 heteroatoms. The number of hydrogen-bond donors (Lipinski definition) is 0. The minimum atomic E-state index is 0.831. The van der Waals surface area contributed by atoms with Gasteiger partial charge in [0.1, 0.15) is 0 Å². The Kier molecular flexibility index (Phi) is 8.66. The van der Waals surface area contributed by atoms with Gasteiger partial charge in [-0.05, 0) is 14.1 Å². The molecule has 3 fully saturated rings. The lowest BCUT2D eigenvalue weighted by Crippen LogP contribution is -2.39. The Balaban J connectivity index is 1.96. The first-order chi connectivity index (χ1) is 10.7. The van der Waals surface area contributed by atoms with Gasteiger partial charge in [-0.15, -0.1) is 0 Å². The van der Waals surface area contributed by atoms with Crippen molar-refractivity contribution < 1.29 is 9.47 Å². The lowest BCUT2D eigenvalue weighted by Gasteiger charge is -2.26. The second-order valence-corrected chi connectivity index (χ2v) is 6.51. The van der Waals surface area contributed by atoms with Gasteiger partial charge in [0.15, 0.2) is 0 Å². The molecule has 0 aromatic heterocycles. The molecule has 0 atom stereocenters. The van der Waals surface area contributed by atoms with Crippen molar-refractivity contribution in [2.75, 3.05) is 106 Å². The van der Waals surface area contributed by atoms with Gasteiger partial charge >= 0.3 is 0 Å². The van der Waals surface area contributed by atoms with Crippen molar-refractivity contribution in [3.05, 3.63) is 0 Å². The standard InChI is InChI=1S/C16H34N4O2/c1-17-3-4-18(2)6-8-20-11-15-21-13-9-19(7-5-17)10-14-22-16-12-20/h3-16H2,1-2H3. The van der Waals surface area contributed by atoms with Gasteiger partial charge in [0.05, 0.1) is 26.4 Å². The fraction of sp³-hybridized carbons (Fsp3) is 1.00. The minimum Gasteiger partial charge on any atom is -0.379 e. The average Bonchev–Trinajstić information content (AvgIpc) is 2.51. The van der Waals surface area contributed by atoms with Crippen molar-refractivity contribution in [3.63, 3.8) is 0 Å². The SMILES string of the molecule is CN1CCN(C)CCN2CCOCCN(CCOCC2)CC1. The van der Waals surface area contributed by atoms with Crippen molar-refractivity contribution in [1.29, 1.82) is 0 Å². The van der Waals surface area contributed by atoms with Crippen LogP contribution in [0.25, 0.3) is 0 Å². The van der Waals surface area contributed by atoms with Crippen molar-refractivity contribution in [1.82, 2.24) is 19.6 Å². The molecule has 3 rings (SSSR count). The summed E-state index contributed by atoms with van der Waals surface area (Å²) >= 11 is 0. The van der Waals surface area contributed by atoms with Gasteiger partial charge in [-0.25, -0.2) is 0 Å². The zero-order chi connectivity index (χ0) is 15.6.